The summed E-state index contributed by atoms with van der Waals surface area (Å²) in [6.07, 6.45) is 0. The van der Waals surface area contributed by atoms with Gasteiger partial charge in [0.15, 0.2) is 14.8 Å². The molecule has 0 aliphatic heterocycles. The molecule has 0 saturated heterocycles. The van der Waals surface area contributed by atoms with Crippen LogP contribution >= 0.6 is 0 Å². The van der Waals surface area contributed by atoms with Crippen molar-refractivity contribution in [3.05, 3.63) is 30.3 Å². The average Bonchev–Trinajstić information content (AvgIpc) is 2.12. The molecule has 0 aromatic carbocycles. The zero-order valence-electron chi connectivity index (χ0n) is 12.4. The fourth-order valence-corrected chi connectivity index (χ4v) is 0.434. The van der Waals surface area contributed by atoms with Gasteiger partial charge in [-0.3, -0.25) is 39.9 Å². The Balaban J connectivity index is -0.0000000909. The summed E-state index contributed by atoms with van der Waals surface area (Å²) in [5.74, 6) is -8.84. The molecule has 15 nitrogen and oxygen atoms in total. The van der Waals surface area contributed by atoms with Gasteiger partial charge < -0.3 is 16.7 Å². The maximum absolute atomic E-state index is 10.0. The topological polar surface area (TPSA) is 241 Å². The van der Waals surface area contributed by atoms with Crippen LogP contribution in [-0.4, -0.2) is 53.8 Å². The van der Waals surface area contributed by atoms with Crippen LogP contribution in [0.2, 0.25) is 0 Å². The Morgan fingerprint density at radius 1 is 0.818 bits per heavy atom. The van der Waals surface area contributed by atoms with E-state index in [-0.39, 0.29) is 31.0 Å². The third kappa shape index (κ3) is 10.4. The van der Waals surface area contributed by atoms with Gasteiger partial charge in [0.25, 0.3) is 11.9 Å². The van der Waals surface area contributed by atoms with E-state index in [1.165, 1.54) is 0 Å². The van der Waals surface area contributed by atoms with E-state index in [2.05, 4.69) is 0 Å². The van der Waals surface area contributed by atoms with Gasteiger partial charge in [0.1, 0.15) is 0 Å². The fraction of sp³-hybridized carbons (Fsp3) is 0.500. The quantitative estimate of drug-likeness (QED) is 0.191. The van der Waals surface area contributed by atoms with Crippen molar-refractivity contribution in [2.75, 3.05) is 0 Å². The number of hydrogen-bond donors (Lipinski definition) is 3. The maximum atomic E-state index is 10.0. The van der Waals surface area contributed by atoms with Crippen molar-refractivity contribution >= 4 is 17.9 Å². The molecule has 16 heteroatoms. The SMILES string of the molecule is CC(=O)O.CC(=O)O.O=C(O)C([N+](=O)[O-])([N+](=O)[O-])[N+](=O)[O-].[H-].[Na+]. The van der Waals surface area contributed by atoms with Crippen molar-refractivity contribution in [1.82, 2.24) is 0 Å². The summed E-state index contributed by atoms with van der Waals surface area (Å²) < 4.78 is 0. The van der Waals surface area contributed by atoms with Gasteiger partial charge in [0.2, 0.25) is 0 Å². The van der Waals surface area contributed by atoms with Gasteiger partial charge in [0, 0.05) is 13.8 Å². The second-order valence-electron chi connectivity index (χ2n) is 2.75. The smallest absolute Gasteiger partial charge is 1.00 e. The van der Waals surface area contributed by atoms with Gasteiger partial charge >= 0.3 is 41.3 Å². The van der Waals surface area contributed by atoms with E-state index < -0.39 is 38.5 Å². The van der Waals surface area contributed by atoms with Gasteiger partial charge in [-0.05, 0) is 0 Å². The minimum Gasteiger partial charge on any atom is -1.00 e. The summed E-state index contributed by atoms with van der Waals surface area (Å²) in [6.45, 7) is 2.17. The molecule has 0 aliphatic rings. The number of carboxylic acid groups (broad SMARTS) is 3. The van der Waals surface area contributed by atoms with Crippen LogP contribution in [0.1, 0.15) is 15.3 Å². The number of rotatable bonds is 4. The molecular formula is C6H10N3NaO12. The van der Waals surface area contributed by atoms with Gasteiger partial charge in [-0.15, -0.1) is 0 Å². The predicted molar refractivity (Wildman–Crippen MR) is 59.1 cm³/mol. The largest absolute Gasteiger partial charge is 1.00 e. The number of carbonyl (C=O) groups is 3. The Bertz CT molecular complexity index is 386. The van der Waals surface area contributed by atoms with Crippen molar-refractivity contribution in [3.8, 4) is 0 Å². The van der Waals surface area contributed by atoms with Gasteiger partial charge in [-0.25, -0.2) is 4.79 Å². The van der Waals surface area contributed by atoms with Crippen molar-refractivity contribution in [1.29, 1.82) is 0 Å². The number of nitrogens with zero attached hydrogens (tertiary/aromatic N) is 3. The van der Waals surface area contributed by atoms with E-state index in [9.17, 15) is 35.1 Å². The third-order valence-corrected chi connectivity index (χ3v) is 1.05. The molecule has 3 N–H and O–H groups in total. The fourth-order valence-electron chi connectivity index (χ4n) is 0.434. The predicted octanol–water partition coefficient (Wildman–Crippen LogP) is -4.15. The Labute approximate surface area is 143 Å². The molecule has 0 heterocycles. The van der Waals surface area contributed by atoms with E-state index in [0.29, 0.717) is 0 Å². The van der Waals surface area contributed by atoms with Crippen LogP contribution in [0.15, 0.2) is 0 Å². The number of nitro groups is 3. The summed E-state index contributed by atoms with van der Waals surface area (Å²) in [4.78, 5) is 51.4. The van der Waals surface area contributed by atoms with Crippen LogP contribution in [-0.2, 0) is 14.4 Å². The molecule has 0 fully saturated rings. The Morgan fingerprint density at radius 3 is 0.955 bits per heavy atom. The standard InChI is InChI=1S/C2HN3O8.2C2H4O2.Na.H/c6-1(7)2(3(8)9,4(10)11)5(12)13;2*1-2(3)4;;/h(H,6,7);2*1H3,(H,3,4);;/q;;;+1;-1. The van der Waals surface area contributed by atoms with Crippen LogP contribution in [0.3, 0.4) is 0 Å². The monoisotopic (exact) mass is 339 g/mol. The molecule has 0 aromatic heterocycles. The molecule has 0 atom stereocenters. The van der Waals surface area contributed by atoms with Crippen LogP contribution < -0.4 is 29.6 Å². The molecule has 0 aliphatic carbocycles. The molecule has 22 heavy (non-hydrogen) atoms. The normalized spacial score (nSPS) is 8.45. The van der Waals surface area contributed by atoms with Crippen LogP contribution in [0.25, 0.3) is 0 Å². The molecule has 0 amide bonds. The maximum Gasteiger partial charge on any atom is 1.00 e. The van der Waals surface area contributed by atoms with Gasteiger partial charge in [-0.1, -0.05) is 0 Å². The summed E-state index contributed by atoms with van der Waals surface area (Å²) in [6, 6.07) is 0. The zero-order valence-corrected chi connectivity index (χ0v) is 13.4. The molecule has 0 rings (SSSR count). The minimum absolute atomic E-state index is 0. The average molecular weight is 339 g/mol. The molecule has 0 bridgehead atoms. The number of aliphatic carboxylic acids is 3. The molecule has 0 spiro atoms. The van der Waals surface area contributed by atoms with Crippen LogP contribution in [0, 0.1) is 30.3 Å². The number of hydrogen-bond acceptors (Lipinski definition) is 9. The first-order valence-corrected chi connectivity index (χ1v) is 4.30. The van der Waals surface area contributed by atoms with E-state index in [1.54, 1.807) is 0 Å². The van der Waals surface area contributed by atoms with Gasteiger partial charge in [-0.2, -0.15) is 0 Å². The van der Waals surface area contributed by atoms with Crippen LogP contribution in [0.5, 0.6) is 0 Å². The van der Waals surface area contributed by atoms with Crippen molar-refractivity contribution in [3.63, 3.8) is 0 Å². The summed E-state index contributed by atoms with van der Waals surface area (Å²) in [5, 5.41) is 52.5. The van der Waals surface area contributed by atoms with Crippen molar-refractivity contribution in [2.45, 2.75) is 19.6 Å². The summed E-state index contributed by atoms with van der Waals surface area (Å²) in [7, 11) is 0. The first kappa shape index (κ1) is 27.9. The van der Waals surface area contributed by atoms with Crippen molar-refractivity contribution in [2.24, 2.45) is 0 Å². The van der Waals surface area contributed by atoms with E-state index in [4.69, 9.17) is 24.9 Å². The molecule has 0 aromatic rings. The van der Waals surface area contributed by atoms with Crippen LogP contribution in [0.4, 0.5) is 0 Å². The zero-order chi connectivity index (χ0) is 18.0. The van der Waals surface area contributed by atoms with E-state index >= 15 is 0 Å². The Hall–Kier alpha value is -2.39. The third-order valence-electron chi connectivity index (χ3n) is 1.05. The summed E-state index contributed by atoms with van der Waals surface area (Å²) >= 11 is 0. The first-order chi connectivity index (χ1) is 9.24. The first-order valence-electron chi connectivity index (χ1n) is 4.30. The van der Waals surface area contributed by atoms with Gasteiger partial charge in [0.05, 0.1) is 0 Å². The van der Waals surface area contributed by atoms with E-state index in [1.807, 2.05) is 0 Å². The Kier molecular flexibility index (Phi) is 15.7. The summed E-state index contributed by atoms with van der Waals surface area (Å²) in [5.41, 5.74) is 0. The second kappa shape index (κ2) is 12.4. The molecule has 122 valence electrons. The van der Waals surface area contributed by atoms with E-state index in [0.717, 1.165) is 13.8 Å². The number of carboxylic acids is 3. The molecule has 0 radical (unpaired) electrons. The van der Waals surface area contributed by atoms with Crippen molar-refractivity contribution < 1.29 is 75.5 Å². The molecule has 0 saturated carbocycles. The minimum atomic E-state index is -4.42. The second-order valence-corrected chi connectivity index (χ2v) is 2.75. The molecular weight excluding hydrogens is 329 g/mol. The molecule has 0 unspecified atom stereocenters. The Morgan fingerprint density at radius 2 is 0.955 bits per heavy atom.